The van der Waals surface area contributed by atoms with E-state index in [4.69, 9.17) is 12.2 Å². The Kier molecular flexibility index (Phi) is 5.80. The van der Waals surface area contributed by atoms with Gasteiger partial charge in [-0.3, -0.25) is 9.48 Å². The fraction of sp³-hybridized carbons (Fsp3) is 0.105. The van der Waals surface area contributed by atoms with Crippen LogP contribution in [0.2, 0.25) is 0 Å². The van der Waals surface area contributed by atoms with Crippen LogP contribution in [-0.4, -0.2) is 20.7 Å². The number of carbonyl (C=O) groups excluding carboxylic acids is 1. The normalized spacial score (nSPS) is 10.4. The first-order valence-electron chi connectivity index (χ1n) is 7.95. The van der Waals surface area contributed by atoms with Gasteiger partial charge in [-0.25, -0.2) is 0 Å². The number of carbonyl (C=O) groups is 1. The number of Topliss-reactive ketones (excluding diaryl/α,β-unsaturated/α-hetero) is 1. The van der Waals surface area contributed by atoms with Crippen molar-refractivity contribution in [1.82, 2.24) is 9.78 Å². The zero-order valence-electron chi connectivity index (χ0n) is 14.1. The fourth-order valence-corrected chi connectivity index (χ4v) is 3.03. The average Bonchev–Trinajstić information content (AvgIpc) is 3.00. The zero-order chi connectivity index (χ0) is 18.5. The molecular weight excluding hydrogens is 412 g/mol. The first-order chi connectivity index (χ1) is 12.5. The fourth-order valence-electron chi connectivity index (χ4n) is 2.47. The van der Waals surface area contributed by atoms with E-state index in [0.29, 0.717) is 17.2 Å². The first kappa shape index (κ1) is 18.3. The molecule has 0 radical (unpaired) electrons. The molecule has 0 saturated carbocycles. The maximum Gasteiger partial charge on any atom is 0.175 e. The number of benzene rings is 2. The van der Waals surface area contributed by atoms with Crippen LogP contribution >= 0.6 is 28.1 Å². The van der Waals surface area contributed by atoms with Crippen LogP contribution in [0.3, 0.4) is 0 Å². The lowest BCUT2D eigenvalue weighted by Gasteiger charge is -2.12. The summed E-state index contributed by atoms with van der Waals surface area (Å²) < 4.78 is 2.80. The molecule has 0 aliphatic carbocycles. The van der Waals surface area contributed by atoms with E-state index in [2.05, 4.69) is 31.7 Å². The molecule has 0 amide bonds. The highest BCUT2D eigenvalue weighted by atomic mass is 79.9. The Hall–Kier alpha value is -2.51. The Morgan fingerprint density at radius 3 is 2.50 bits per heavy atom. The molecule has 2 aromatic carbocycles. The van der Waals surface area contributed by atoms with Crippen molar-refractivity contribution in [3.05, 3.63) is 76.5 Å². The second-order valence-electron chi connectivity index (χ2n) is 5.77. The summed E-state index contributed by atoms with van der Waals surface area (Å²) in [5, 5.41) is 11.0. The topological polar surface area (TPSA) is 59.0 Å². The van der Waals surface area contributed by atoms with Gasteiger partial charge in [0.25, 0.3) is 0 Å². The van der Waals surface area contributed by atoms with Gasteiger partial charge in [-0.15, -0.1) is 0 Å². The quantitative estimate of drug-likeness (QED) is 0.455. The molecular formula is C19H17BrN4OS. The third-order valence-electron chi connectivity index (χ3n) is 3.66. The summed E-state index contributed by atoms with van der Waals surface area (Å²) >= 11 is 8.77. The molecule has 1 heterocycles. The summed E-state index contributed by atoms with van der Waals surface area (Å²) in [7, 11) is 0. The van der Waals surface area contributed by atoms with Crippen LogP contribution in [0.5, 0.6) is 0 Å². The molecule has 2 N–H and O–H groups in total. The minimum absolute atomic E-state index is 0.0190. The number of hydrogen-bond acceptors (Lipinski definition) is 3. The van der Waals surface area contributed by atoms with E-state index in [9.17, 15) is 4.79 Å². The first-order valence-corrected chi connectivity index (χ1v) is 9.15. The van der Waals surface area contributed by atoms with Crippen molar-refractivity contribution in [3.63, 3.8) is 0 Å². The van der Waals surface area contributed by atoms with E-state index in [0.717, 1.165) is 21.4 Å². The van der Waals surface area contributed by atoms with Gasteiger partial charge in [0.2, 0.25) is 0 Å². The molecule has 3 aromatic rings. The van der Waals surface area contributed by atoms with E-state index >= 15 is 0 Å². The van der Waals surface area contributed by atoms with Crippen LogP contribution < -0.4 is 10.6 Å². The molecule has 7 heteroatoms. The van der Waals surface area contributed by atoms with Crippen LogP contribution in [-0.2, 0) is 6.54 Å². The van der Waals surface area contributed by atoms with E-state index in [1.807, 2.05) is 47.3 Å². The Balaban J connectivity index is 1.65. The van der Waals surface area contributed by atoms with Crippen molar-refractivity contribution < 1.29 is 4.79 Å². The van der Waals surface area contributed by atoms with Gasteiger partial charge in [-0.05, 0) is 64.9 Å². The molecule has 5 nitrogen and oxygen atoms in total. The van der Waals surface area contributed by atoms with Gasteiger partial charge in [0, 0.05) is 23.1 Å². The molecule has 0 saturated heterocycles. The van der Waals surface area contributed by atoms with Gasteiger partial charge < -0.3 is 10.6 Å². The SMILES string of the molecule is CC(=O)c1cccc(NC(=S)Nc2cccc(Cn3cc(Br)cn3)c2)c1. The zero-order valence-corrected chi connectivity index (χ0v) is 16.5. The molecule has 0 atom stereocenters. The van der Waals surface area contributed by atoms with Crippen LogP contribution in [0, 0.1) is 0 Å². The van der Waals surface area contributed by atoms with Crippen molar-refractivity contribution in [3.8, 4) is 0 Å². The molecule has 0 spiro atoms. The Morgan fingerprint density at radius 1 is 1.15 bits per heavy atom. The average molecular weight is 429 g/mol. The van der Waals surface area contributed by atoms with Crippen LogP contribution in [0.25, 0.3) is 0 Å². The van der Waals surface area contributed by atoms with Gasteiger partial charge in [0.15, 0.2) is 10.9 Å². The van der Waals surface area contributed by atoms with Gasteiger partial charge in [0.1, 0.15) is 0 Å². The third kappa shape index (κ3) is 5.00. The smallest absolute Gasteiger partial charge is 0.175 e. The van der Waals surface area contributed by atoms with Gasteiger partial charge in [-0.1, -0.05) is 24.3 Å². The highest BCUT2D eigenvalue weighted by molar-refractivity contribution is 9.10. The van der Waals surface area contributed by atoms with E-state index in [1.165, 1.54) is 0 Å². The lowest BCUT2D eigenvalue weighted by atomic mass is 10.1. The highest BCUT2D eigenvalue weighted by Crippen LogP contribution is 2.15. The second kappa shape index (κ2) is 8.25. The van der Waals surface area contributed by atoms with Crippen LogP contribution in [0.4, 0.5) is 11.4 Å². The standard InChI is InChI=1S/C19H17BrN4OS/c1-13(25)15-5-3-7-18(9-15)23-19(26)22-17-6-2-4-14(8-17)11-24-12-16(20)10-21-24/h2-10,12H,11H2,1H3,(H2,22,23,26). The number of aromatic nitrogens is 2. The lowest BCUT2D eigenvalue weighted by molar-refractivity contribution is 0.101. The minimum Gasteiger partial charge on any atom is -0.332 e. The summed E-state index contributed by atoms with van der Waals surface area (Å²) in [5.41, 5.74) is 3.40. The molecule has 0 unspecified atom stereocenters. The predicted octanol–water partition coefficient (Wildman–Crippen LogP) is 4.71. The number of thiocarbonyl (C=S) groups is 1. The Morgan fingerprint density at radius 2 is 1.85 bits per heavy atom. The van der Waals surface area contributed by atoms with Crippen molar-refractivity contribution in [2.45, 2.75) is 13.5 Å². The van der Waals surface area contributed by atoms with Crippen molar-refractivity contribution in [2.24, 2.45) is 0 Å². The second-order valence-corrected chi connectivity index (χ2v) is 7.10. The summed E-state index contributed by atoms with van der Waals surface area (Å²) in [5.74, 6) is 0.0190. The van der Waals surface area contributed by atoms with E-state index in [-0.39, 0.29) is 5.78 Å². The van der Waals surface area contributed by atoms with E-state index in [1.54, 1.807) is 25.3 Å². The molecule has 3 rings (SSSR count). The molecule has 0 aliphatic heterocycles. The van der Waals surface area contributed by atoms with E-state index < -0.39 is 0 Å². The number of ketones is 1. The van der Waals surface area contributed by atoms with Crippen LogP contribution in [0.15, 0.2) is 65.4 Å². The van der Waals surface area contributed by atoms with Gasteiger partial charge in [-0.2, -0.15) is 5.10 Å². The number of rotatable bonds is 5. The Bertz CT molecular complexity index is 954. The number of anilines is 2. The lowest BCUT2D eigenvalue weighted by Crippen LogP contribution is -2.19. The van der Waals surface area contributed by atoms with Crippen LogP contribution in [0.1, 0.15) is 22.8 Å². The molecule has 0 fully saturated rings. The summed E-state index contributed by atoms with van der Waals surface area (Å²) in [6.07, 6.45) is 3.69. The number of nitrogens with one attached hydrogen (secondary N) is 2. The highest BCUT2D eigenvalue weighted by Gasteiger charge is 2.04. The molecule has 0 bridgehead atoms. The predicted molar refractivity (Wildman–Crippen MR) is 112 cm³/mol. The minimum atomic E-state index is 0.0190. The number of halogens is 1. The molecule has 26 heavy (non-hydrogen) atoms. The van der Waals surface area contributed by atoms with Crippen molar-refractivity contribution in [1.29, 1.82) is 0 Å². The van der Waals surface area contributed by atoms with Gasteiger partial charge >= 0.3 is 0 Å². The molecule has 1 aromatic heterocycles. The molecule has 132 valence electrons. The largest absolute Gasteiger partial charge is 0.332 e. The van der Waals surface area contributed by atoms with Crippen molar-refractivity contribution >= 4 is 50.4 Å². The Labute approximate surface area is 165 Å². The molecule has 0 aliphatic rings. The summed E-state index contributed by atoms with van der Waals surface area (Å²) in [6, 6.07) is 15.2. The number of hydrogen-bond donors (Lipinski definition) is 2. The summed E-state index contributed by atoms with van der Waals surface area (Å²) in [6.45, 7) is 2.21. The maximum atomic E-state index is 11.5. The van der Waals surface area contributed by atoms with Crippen molar-refractivity contribution in [2.75, 3.05) is 10.6 Å². The monoisotopic (exact) mass is 428 g/mol. The summed E-state index contributed by atoms with van der Waals surface area (Å²) in [4.78, 5) is 11.5. The van der Waals surface area contributed by atoms with Gasteiger partial charge in [0.05, 0.1) is 17.2 Å². The number of nitrogens with zero attached hydrogens (tertiary/aromatic N) is 2. The third-order valence-corrected chi connectivity index (χ3v) is 4.27. The maximum absolute atomic E-state index is 11.5.